The Hall–Kier alpha value is -1.29. The Balaban J connectivity index is 0.00000578. The third-order valence-electron chi connectivity index (χ3n) is 4.76. The molecule has 0 aromatic rings. The zero-order valence-electron chi connectivity index (χ0n) is 19.9. The number of carbonyl (C=O) groups is 6. The van der Waals surface area contributed by atoms with Crippen LogP contribution in [0.15, 0.2) is 11.3 Å². The molecular formula is C19H23N3Na2O10S. The van der Waals surface area contributed by atoms with Crippen molar-refractivity contribution in [3.8, 4) is 0 Å². The number of carbonyl (C=O) groups excluding carboxylic acids is 6. The van der Waals surface area contributed by atoms with E-state index < -0.39 is 53.3 Å². The number of rotatable bonds is 11. The predicted octanol–water partition coefficient (Wildman–Crippen LogP) is -9.00. The molecule has 3 amide bonds. The van der Waals surface area contributed by atoms with Crippen LogP contribution in [0.5, 0.6) is 0 Å². The quantitative estimate of drug-likeness (QED) is 0.146. The van der Waals surface area contributed by atoms with Crippen LogP contribution in [0, 0.1) is 0 Å². The molecule has 2 rings (SSSR count). The van der Waals surface area contributed by atoms with Crippen molar-refractivity contribution in [2.24, 2.45) is 0 Å². The summed E-state index contributed by atoms with van der Waals surface area (Å²) < 4.78 is 9.43. The van der Waals surface area contributed by atoms with Gasteiger partial charge in [0.15, 0.2) is 0 Å². The van der Waals surface area contributed by atoms with Gasteiger partial charge in [-0.2, -0.15) is 0 Å². The molecule has 2 aliphatic rings. The summed E-state index contributed by atoms with van der Waals surface area (Å²) in [4.78, 5) is 70.8. The molecule has 0 radical (unpaired) electrons. The number of hydrogen-bond acceptors (Lipinski definition) is 11. The smallest absolute Gasteiger partial charge is 0.548 e. The maximum absolute atomic E-state index is 12.5. The van der Waals surface area contributed by atoms with Crippen molar-refractivity contribution in [3.63, 3.8) is 0 Å². The average Bonchev–Trinajstić information content (AvgIpc) is 2.74. The molecule has 2 heterocycles. The predicted molar refractivity (Wildman–Crippen MR) is 106 cm³/mol. The summed E-state index contributed by atoms with van der Waals surface area (Å²) in [5, 5.41) is 26.6. The second-order valence-electron chi connectivity index (χ2n) is 7.10. The van der Waals surface area contributed by atoms with Crippen LogP contribution in [0.4, 0.5) is 4.79 Å². The van der Waals surface area contributed by atoms with Crippen molar-refractivity contribution in [1.82, 2.24) is 15.5 Å². The first-order valence-corrected chi connectivity index (χ1v) is 11.1. The van der Waals surface area contributed by atoms with Crippen LogP contribution in [-0.2, 0) is 33.4 Å². The van der Waals surface area contributed by atoms with Gasteiger partial charge in [-0.05, 0) is 19.8 Å². The first-order chi connectivity index (χ1) is 15.6. The molecule has 1 fully saturated rings. The van der Waals surface area contributed by atoms with Crippen molar-refractivity contribution in [2.45, 2.75) is 50.6 Å². The minimum Gasteiger partial charge on any atom is -0.548 e. The van der Waals surface area contributed by atoms with E-state index in [2.05, 4.69) is 15.4 Å². The molecule has 3 atom stereocenters. The van der Waals surface area contributed by atoms with Gasteiger partial charge in [-0.15, -0.1) is 11.8 Å². The number of esters is 1. The molecule has 0 spiro atoms. The Bertz CT molecular complexity index is 885. The van der Waals surface area contributed by atoms with Crippen LogP contribution in [-0.4, -0.2) is 77.1 Å². The molecule has 1 saturated heterocycles. The average molecular weight is 531 g/mol. The summed E-state index contributed by atoms with van der Waals surface area (Å²) in [6, 6.07) is -2.32. The summed E-state index contributed by atoms with van der Waals surface area (Å²) in [6.07, 6.45) is -1.10. The molecule has 2 N–H and O–H groups in total. The van der Waals surface area contributed by atoms with Gasteiger partial charge in [0, 0.05) is 24.7 Å². The van der Waals surface area contributed by atoms with Gasteiger partial charge in [0.25, 0.3) is 5.91 Å². The van der Waals surface area contributed by atoms with E-state index in [9.17, 15) is 39.0 Å². The second-order valence-corrected chi connectivity index (χ2v) is 8.21. The Kier molecular flexibility index (Phi) is 15.2. The van der Waals surface area contributed by atoms with Crippen molar-refractivity contribution in [3.05, 3.63) is 11.3 Å². The van der Waals surface area contributed by atoms with Gasteiger partial charge in [-0.3, -0.25) is 19.3 Å². The van der Waals surface area contributed by atoms with Gasteiger partial charge in [0.2, 0.25) is 5.91 Å². The molecule has 16 heteroatoms. The van der Waals surface area contributed by atoms with Gasteiger partial charge in [0.1, 0.15) is 18.0 Å². The standard InChI is InChI=1S/C19H25N3O10S.2Na/c1-3-31-19(30)20-11(17(26)27)5-4-6-12(24)21-13-15(25)22-14(18(28)29)10(7-32-9(2)23)8-33-16(13)22;;/h11,13,16H,3-8H2,1-2H3,(H,20,30)(H,21,24)(H,26,27)(H,28,29);;/q;2*+1/p-2/t11-,13?,16-;;/m1../s1. The largest absolute Gasteiger partial charge is 1.00 e. The summed E-state index contributed by atoms with van der Waals surface area (Å²) in [6.45, 7) is 2.48. The van der Waals surface area contributed by atoms with E-state index in [1.807, 2.05) is 0 Å². The van der Waals surface area contributed by atoms with Gasteiger partial charge < -0.3 is 39.9 Å². The van der Waals surface area contributed by atoms with Gasteiger partial charge in [0.05, 0.1) is 30.3 Å². The third-order valence-corrected chi connectivity index (χ3v) is 6.10. The Labute approximate surface area is 249 Å². The van der Waals surface area contributed by atoms with E-state index in [0.717, 1.165) is 4.90 Å². The Morgan fingerprint density at radius 3 is 2.37 bits per heavy atom. The first kappa shape index (κ1) is 33.7. The van der Waals surface area contributed by atoms with Gasteiger partial charge >= 0.3 is 71.2 Å². The second kappa shape index (κ2) is 15.7. The molecule has 13 nitrogen and oxygen atoms in total. The van der Waals surface area contributed by atoms with Crippen molar-refractivity contribution in [2.75, 3.05) is 19.0 Å². The van der Waals surface area contributed by atoms with Crippen molar-refractivity contribution < 1.29 is 108 Å². The Morgan fingerprint density at radius 1 is 1.17 bits per heavy atom. The summed E-state index contributed by atoms with van der Waals surface area (Å²) >= 11 is 1.19. The molecule has 0 bridgehead atoms. The van der Waals surface area contributed by atoms with Gasteiger partial charge in [-0.25, -0.2) is 4.79 Å². The number of carboxylic acids is 2. The molecule has 182 valence electrons. The molecular weight excluding hydrogens is 508 g/mol. The van der Waals surface area contributed by atoms with Crippen LogP contribution in [0.1, 0.15) is 33.1 Å². The van der Waals surface area contributed by atoms with Crippen LogP contribution >= 0.6 is 11.8 Å². The number of amides is 3. The third kappa shape index (κ3) is 9.26. The van der Waals surface area contributed by atoms with Crippen molar-refractivity contribution in [1.29, 1.82) is 0 Å². The number of nitrogens with zero attached hydrogens (tertiary/aromatic N) is 1. The number of β-lactam (4-membered cyclic amide) rings is 1. The number of fused-ring (bicyclic) bond motifs is 1. The number of thioether (sulfide) groups is 1. The number of alkyl carbamates (subject to hydrolysis) is 1. The monoisotopic (exact) mass is 531 g/mol. The number of nitrogens with one attached hydrogen (secondary N) is 2. The number of ether oxygens (including phenoxy) is 2. The molecule has 0 aliphatic carbocycles. The van der Waals surface area contributed by atoms with E-state index in [1.54, 1.807) is 6.92 Å². The van der Waals surface area contributed by atoms with Crippen molar-refractivity contribution >= 4 is 47.6 Å². The minimum atomic E-state index is -1.59. The van der Waals surface area contributed by atoms with Crippen LogP contribution in [0.25, 0.3) is 0 Å². The van der Waals surface area contributed by atoms with E-state index in [-0.39, 0.29) is 109 Å². The number of carboxylic acid groups (broad SMARTS) is 2. The van der Waals surface area contributed by atoms with Crippen LogP contribution in [0.3, 0.4) is 0 Å². The van der Waals surface area contributed by atoms with Crippen LogP contribution < -0.4 is 80.0 Å². The number of aliphatic carboxylic acids is 2. The minimum absolute atomic E-state index is 0. The zero-order valence-corrected chi connectivity index (χ0v) is 24.7. The zero-order chi connectivity index (χ0) is 24.7. The molecule has 0 saturated carbocycles. The normalized spacial score (nSPS) is 19.0. The molecule has 1 unspecified atom stereocenters. The van der Waals surface area contributed by atoms with Gasteiger partial charge in [-0.1, -0.05) is 0 Å². The fourth-order valence-electron chi connectivity index (χ4n) is 3.25. The van der Waals surface area contributed by atoms with E-state index in [0.29, 0.717) is 0 Å². The molecule has 35 heavy (non-hydrogen) atoms. The summed E-state index contributed by atoms with van der Waals surface area (Å²) in [5.74, 6) is -4.78. The van der Waals surface area contributed by atoms with E-state index in [4.69, 9.17) is 4.74 Å². The van der Waals surface area contributed by atoms with Crippen LogP contribution in [0.2, 0.25) is 0 Å². The topological polar surface area (TPSA) is 194 Å². The van der Waals surface area contributed by atoms with E-state index in [1.165, 1.54) is 18.7 Å². The number of hydrogen-bond donors (Lipinski definition) is 2. The first-order valence-electron chi connectivity index (χ1n) is 10.0. The maximum atomic E-state index is 12.5. The molecule has 0 aromatic heterocycles. The maximum Gasteiger partial charge on any atom is 1.00 e. The summed E-state index contributed by atoms with van der Waals surface area (Å²) in [7, 11) is 0. The Morgan fingerprint density at radius 2 is 1.83 bits per heavy atom. The molecule has 0 aromatic carbocycles. The fraction of sp³-hybridized carbons (Fsp3) is 0.579. The fourth-order valence-corrected chi connectivity index (χ4v) is 4.58. The molecule has 2 aliphatic heterocycles. The SMILES string of the molecule is CCOC(=O)N[C@H](CCCC(=O)NC1C(=O)N2C(C(=O)[O-])=C(COC(C)=O)CS[C@H]12)C(=O)[O-].[Na+].[Na+]. The van der Waals surface area contributed by atoms with E-state index >= 15 is 0 Å². The summed E-state index contributed by atoms with van der Waals surface area (Å²) in [5.41, 5.74) is -0.163.